The lowest BCUT2D eigenvalue weighted by molar-refractivity contribution is -0.144. The normalized spacial score (nSPS) is 11.0. The number of esters is 1. The second-order valence-electron chi connectivity index (χ2n) is 6.28. The summed E-state index contributed by atoms with van der Waals surface area (Å²) in [5, 5.41) is 9.72. The van der Waals surface area contributed by atoms with Crippen LogP contribution in [0, 0.1) is 0 Å². The molecular formula is C20H15ClN4O4. The minimum atomic E-state index is -0.524. The molecule has 0 aliphatic heterocycles. The number of carbonyl (C=O) groups excluding carboxylic acids is 1. The molecule has 0 saturated heterocycles. The molecular weight excluding hydrogens is 396 g/mol. The van der Waals surface area contributed by atoms with E-state index in [1.165, 1.54) is 4.68 Å². The fourth-order valence-corrected chi connectivity index (χ4v) is 3.09. The number of rotatable bonds is 5. The molecule has 4 rings (SSSR count). The van der Waals surface area contributed by atoms with E-state index in [-0.39, 0.29) is 24.5 Å². The van der Waals surface area contributed by atoms with Gasteiger partial charge in [0.1, 0.15) is 0 Å². The first-order valence-electron chi connectivity index (χ1n) is 8.70. The molecule has 0 radical (unpaired) electrons. The number of halogens is 1. The van der Waals surface area contributed by atoms with E-state index < -0.39 is 5.97 Å². The molecule has 0 aliphatic carbocycles. The van der Waals surface area contributed by atoms with E-state index in [2.05, 4.69) is 15.2 Å². The van der Waals surface area contributed by atoms with Crippen LogP contribution in [0.25, 0.3) is 22.2 Å². The van der Waals surface area contributed by atoms with Crippen molar-refractivity contribution in [3.05, 3.63) is 75.5 Å². The van der Waals surface area contributed by atoms with Crippen molar-refractivity contribution >= 4 is 28.3 Å². The first-order chi connectivity index (χ1) is 14.0. The van der Waals surface area contributed by atoms with Crippen LogP contribution in [0.15, 0.2) is 57.8 Å². The van der Waals surface area contributed by atoms with Gasteiger partial charge in [-0.05, 0) is 18.2 Å². The molecule has 0 fully saturated rings. The van der Waals surface area contributed by atoms with Crippen molar-refractivity contribution in [3.8, 4) is 11.4 Å². The van der Waals surface area contributed by atoms with Crippen LogP contribution in [0.4, 0.5) is 0 Å². The van der Waals surface area contributed by atoms with Crippen LogP contribution in [0.3, 0.4) is 0 Å². The van der Waals surface area contributed by atoms with E-state index in [9.17, 15) is 9.59 Å². The molecule has 0 spiro atoms. The maximum Gasteiger partial charge on any atom is 0.312 e. The number of nitrogens with zero attached hydrogens (tertiary/aromatic N) is 4. The molecule has 29 heavy (non-hydrogen) atoms. The summed E-state index contributed by atoms with van der Waals surface area (Å²) in [4.78, 5) is 28.7. The second-order valence-corrected chi connectivity index (χ2v) is 6.72. The third-order valence-corrected chi connectivity index (χ3v) is 4.49. The summed E-state index contributed by atoms with van der Waals surface area (Å²) in [7, 11) is 1.54. The van der Waals surface area contributed by atoms with Gasteiger partial charge in [0.05, 0.1) is 17.5 Å². The quantitative estimate of drug-likeness (QED) is 0.466. The fraction of sp³-hybridized carbons (Fsp3) is 0.150. The van der Waals surface area contributed by atoms with Crippen LogP contribution in [0.5, 0.6) is 0 Å². The van der Waals surface area contributed by atoms with Crippen molar-refractivity contribution in [3.63, 3.8) is 0 Å². The van der Waals surface area contributed by atoms with Gasteiger partial charge in [0.15, 0.2) is 6.61 Å². The van der Waals surface area contributed by atoms with Crippen LogP contribution in [0.2, 0.25) is 5.02 Å². The molecule has 0 aliphatic rings. The van der Waals surface area contributed by atoms with Gasteiger partial charge in [0.2, 0.25) is 5.82 Å². The van der Waals surface area contributed by atoms with E-state index in [1.807, 2.05) is 0 Å². The third-order valence-electron chi connectivity index (χ3n) is 4.25. The minimum Gasteiger partial charge on any atom is -0.455 e. The van der Waals surface area contributed by atoms with Crippen LogP contribution >= 0.6 is 11.6 Å². The van der Waals surface area contributed by atoms with Gasteiger partial charge in [-0.15, -0.1) is 0 Å². The monoisotopic (exact) mass is 410 g/mol. The number of carbonyl (C=O) groups is 1. The predicted octanol–water partition coefficient (Wildman–Crippen LogP) is 2.92. The standard InChI is InChI=1S/C20H15ClN4O4/c1-25-20(27)15-8-3-2-7-14(15)16(23-25)10-18(26)28-11-17-22-19(24-29-17)12-5-4-6-13(21)9-12/h2-9H,10-11H2,1H3. The summed E-state index contributed by atoms with van der Waals surface area (Å²) < 4.78 is 11.6. The fourth-order valence-electron chi connectivity index (χ4n) is 2.89. The third kappa shape index (κ3) is 4.02. The molecule has 0 amide bonds. The van der Waals surface area contributed by atoms with Gasteiger partial charge in [-0.25, -0.2) is 4.68 Å². The topological polar surface area (TPSA) is 100 Å². The predicted molar refractivity (Wildman–Crippen MR) is 105 cm³/mol. The van der Waals surface area contributed by atoms with E-state index >= 15 is 0 Å². The number of hydrogen-bond acceptors (Lipinski definition) is 7. The van der Waals surface area contributed by atoms with E-state index in [0.717, 1.165) is 0 Å². The van der Waals surface area contributed by atoms with Crippen molar-refractivity contribution < 1.29 is 14.1 Å². The average molecular weight is 411 g/mol. The molecule has 2 aromatic carbocycles. The highest BCUT2D eigenvalue weighted by atomic mass is 35.5. The molecule has 0 bridgehead atoms. The Kier molecular flexibility index (Phi) is 5.09. The molecule has 0 N–H and O–H groups in total. The zero-order valence-electron chi connectivity index (χ0n) is 15.3. The largest absolute Gasteiger partial charge is 0.455 e. The number of hydrogen-bond donors (Lipinski definition) is 0. The van der Waals surface area contributed by atoms with E-state index in [0.29, 0.717) is 32.9 Å². The molecule has 4 aromatic rings. The van der Waals surface area contributed by atoms with Gasteiger partial charge in [0.25, 0.3) is 11.4 Å². The van der Waals surface area contributed by atoms with Crippen LogP contribution in [-0.2, 0) is 29.6 Å². The van der Waals surface area contributed by atoms with Crippen LogP contribution < -0.4 is 5.56 Å². The maximum atomic E-state index is 12.3. The number of fused-ring (bicyclic) bond motifs is 1. The number of ether oxygens (including phenoxy) is 1. The Morgan fingerprint density at radius 3 is 2.76 bits per heavy atom. The van der Waals surface area contributed by atoms with Gasteiger partial charge in [0, 0.05) is 23.0 Å². The first-order valence-corrected chi connectivity index (χ1v) is 9.08. The van der Waals surface area contributed by atoms with Crippen molar-refractivity contribution in [1.82, 2.24) is 19.9 Å². The molecule has 146 valence electrons. The van der Waals surface area contributed by atoms with Gasteiger partial charge in [-0.3, -0.25) is 9.59 Å². The summed E-state index contributed by atoms with van der Waals surface area (Å²) in [6, 6.07) is 14.0. The minimum absolute atomic E-state index is 0.0933. The highest BCUT2D eigenvalue weighted by molar-refractivity contribution is 6.30. The van der Waals surface area contributed by atoms with Crippen molar-refractivity contribution in [2.24, 2.45) is 7.05 Å². The smallest absolute Gasteiger partial charge is 0.312 e. The van der Waals surface area contributed by atoms with Gasteiger partial charge in [-0.2, -0.15) is 10.1 Å². The summed E-state index contributed by atoms with van der Waals surface area (Å²) in [6.07, 6.45) is -0.0933. The molecule has 2 heterocycles. The van der Waals surface area contributed by atoms with Crippen LogP contribution in [0.1, 0.15) is 11.6 Å². The summed E-state index contributed by atoms with van der Waals surface area (Å²) in [5.74, 6) is -0.0142. The maximum absolute atomic E-state index is 12.3. The Morgan fingerprint density at radius 1 is 1.17 bits per heavy atom. The Balaban J connectivity index is 1.46. The lowest BCUT2D eigenvalue weighted by atomic mass is 10.1. The average Bonchev–Trinajstić information content (AvgIpc) is 3.19. The lowest BCUT2D eigenvalue weighted by Gasteiger charge is -2.07. The van der Waals surface area contributed by atoms with Gasteiger partial charge in [-0.1, -0.05) is 47.1 Å². The molecule has 0 saturated carbocycles. The van der Waals surface area contributed by atoms with Crippen molar-refractivity contribution in [2.75, 3.05) is 0 Å². The summed E-state index contributed by atoms with van der Waals surface area (Å²) in [6.45, 7) is -0.171. The van der Waals surface area contributed by atoms with Gasteiger partial charge < -0.3 is 9.26 Å². The van der Waals surface area contributed by atoms with Crippen LogP contribution in [-0.4, -0.2) is 25.9 Å². The highest BCUT2D eigenvalue weighted by Gasteiger charge is 2.15. The lowest BCUT2D eigenvalue weighted by Crippen LogP contribution is -2.22. The zero-order chi connectivity index (χ0) is 20.4. The number of aryl methyl sites for hydroxylation is 1. The SMILES string of the molecule is Cn1nc(CC(=O)OCc2nc(-c3cccc(Cl)c3)no2)c2ccccc2c1=O. The number of benzene rings is 2. The Hall–Kier alpha value is -3.52. The molecule has 8 nitrogen and oxygen atoms in total. The molecule has 0 unspecified atom stereocenters. The Morgan fingerprint density at radius 2 is 1.97 bits per heavy atom. The molecule has 2 aromatic heterocycles. The van der Waals surface area contributed by atoms with Crippen molar-refractivity contribution in [2.45, 2.75) is 13.0 Å². The second kappa shape index (κ2) is 7.84. The summed E-state index contributed by atoms with van der Waals surface area (Å²) in [5.41, 5.74) is 0.926. The van der Waals surface area contributed by atoms with Gasteiger partial charge >= 0.3 is 5.97 Å². The Labute approximate surface area is 169 Å². The first kappa shape index (κ1) is 18.8. The molecule has 9 heteroatoms. The Bertz CT molecular complexity index is 1260. The zero-order valence-corrected chi connectivity index (χ0v) is 16.1. The van der Waals surface area contributed by atoms with Crippen molar-refractivity contribution in [1.29, 1.82) is 0 Å². The highest BCUT2D eigenvalue weighted by Crippen LogP contribution is 2.20. The number of aromatic nitrogens is 4. The molecule has 0 atom stereocenters. The van der Waals surface area contributed by atoms with E-state index in [4.69, 9.17) is 20.9 Å². The summed E-state index contributed by atoms with van der Waals surface area (Å²) >= 11 is 5.96. The van der Waals surface area contributed by atoms with E-state index in [1.54, 1.807) is 55.6 Å².